The number of oxazole rings is 1. The lowest BCUT2D eigenvalue weighted by molar-refractivity contribution is 0.0992. The molecule has 2 amide bonds. The van der Waals surface area contributed by atoms with Crippen LogP contribution >= 0.6 is 11.3 Å². The summed E-state index contributed by atoms with van der Waals surface area (Å²) in [5.74, 6) is -0.588. The number of carbonyl (C=O) groups excluding carboxylic acids is 2. The number of nitrogens with one attached hydrogen (secondary N) is 2. The number of aromatic nitrogens is 5. The van der Waals surface area contributed by atoms with Crippen LogP contribution < -0.4 is 10.6 Å². The number of imidazole rings is 1. The predicted octanol–water partition coefficient (Wildman–Crippen LogP) is 4.41. The molecule has 5 aromatic rings. The van der Waals surface area contributed by atoms with E-state index in [-0.39, 0.29) is 17.2 Å². The number of thiazole rings is 1. The highest BCUT2D eigenvalue weighted by atomic mass is 32.1. The Kier molecular flexibility index (Phi) is 5.57. The van der Waals surface area contributed by atoms with Crippen molar-refractivity contribution in [3.63, 3.8) is 0 Å². The third-order valence-corrected chi connectivity index (χ3v) is 5.95. The molecule has 0 unspecified atom stereocenters. The van der Waals surface area contributed by atoms with Crippen molar-refractivity contribution in [1.82, 2.24) is 24.3 Å². The van der Waals surface area contributed by atoms with Gasteiger partial charge in [0.25, 0.3) is 11.8 Å². The number of hydrogen-bond acceptors (Lipinski definition) is 8. The average Bonchev–Trinajstić information content (AvgIpc) is 3.52. The van der Waals surface area contributed by atoms with E-state index >= 15 is 0 Å². The minimum absolute atomic E-state index is 0.0905. The molecule has 0 aliphatic heterocycles. The van der Waals surface area contributed by atoms with Crippen molar-refractivity contribution in [2.75, 3.05) is 10.6 Å². The molecule has 0 atom stereocenters. The second-order valence-corrected chi connectivity index (χ2v) is 8.58. The fourth-order valence-electron chi connectivity index (χ4n) is 3.45. The molecule has 10 nitrogen and oxygen atoms in total. The first-order valence-corrected chi connectivity index (χ1v) is 11.3. The lowest BCUT2D eigenvalue weighted by Gasteiger charge is -2.06. The lowest BCUT2D eigenvalue weighted by Crippen LogP contribution is -2.12. The Morgan fingerprint density at radius 3 is 2.54 bits per heavy atom. The summed E-state index contributed by atoms with van der Waals surface area (Å²) in [6.07, 6.45) is 4.66. The number of carbonyl (C=O) groups is 2. The van der Waals surface area contributed by atoms with Gasteiger partial charge < -0.3 is 15.1 Å². The molecule has 35 heavy (non-hydrogen) atoms. The van der Waals surface area contributed by atoms with Crippen molar-refractivity contribution < 1.29 is 18.4 Å². The number of amides is 2. The first-order chi connectivity index (χ1) is 16.8. The molecular formula is C23H18FN7O3S. The van der Waals surface area contributed by atoms with Crippen LogP contribution in [-0.2, 0) is 0 Å². The van der Waals surface area contributed by atoms with Crippen LogP contribution in [0, 0.1) is 26.6 Å². The van der Waals surface area contributed by atoms with Gasteiger partial charge in [0.2, 0.25) is 11.5 Å². The van der Waals surface area contributed by atoms with E-state index in [1.165, 1.54) is 35.7 Å². The Morgan fingerprint density at radius 1 is 1.03 bits per heavy atom. The molecule has 12 heteroatoms. The van der Waals surface area contributed by atoms with Gasteiger partial charge >= 0.3 is 0 Å². The highest BCUT2D eigenvalue weighted by molar-refractivity contribution is 7.11. The van der Waals surface area contributed by atoms with Gasteiger partial charge in [-0.1, -0.05) is 0 Å². The van der Waals surface area contributed by atoms with Gasteiger partial charge in [0, 0.05) is 41.6 Å². The SMILES string of the molecule is Cc1csc(C(=O)Nc2cnc3nc(-c4cc(NC(=O)c5oc(C)nc5C)ccc4F)cn3c2)n1. The summed E-state index contributed by atoms with van der Waals surface area (Å²) in [5.41, 5.74) is 2.48. The maximum absolute atomic E-state index is 14.7. The minimum Gasteiger partial charge on any atom is -0.436 e. The second-order valence-electron chi connectivity index (χ2n) is 7.72. The topological polar surface area (TPSA) is 127 Å². The minimum atomic E-state index is -0.522. The van der Waals surface area contributed by atoms with E-state index in [9.17, 15) is 14.0 Å². The molecule has 0 radical (unpaired) electrons. The number of rotatable bonds is 5. The first kappa shape index (κ1) is 22.3. The molecule has 5 rings (SSSR count). The van der Waals surface area contributed by atoms with E-state index in [4.69, 9.17) is 4.42 Å². The monoisotopic (exact) mass is 491 g/mol. The summed E-state index contributed by atoms with van der Waals surface area (Å²) < 4.78 is 21.6. The molecule has 176 valence electrons. The highest BCUT2D eigenvalue weighted by Gasteiger charge is 2.18. The molecular weight excluding hydrogens is 473 g/mol. The van der Waals surface area contributed by atoms with Gasteiger partial charge in [-0.15, -0.1) is 11.3 Å². The summed E-state index contributed by atoms with van der Waals surface area (Å²) in [7, 11) is 0. The van der Waals surface area contributed by atoms with Crippen LogP contribution in [0.25, 0.3) is 17.0 Å². The van der Waals surface area contributed by atoms with Crippen molar-refractivity contribution >= 4 is 40.3 Å². The second kappa shape index (κ2) is 8.72. The lowest BCUT2D eigenvalue weighted by atomic mass is 10.1. The summed E-state index contributed by atoms with van der Waals surface area (Å²) >= 11 is 1.25. The summed E-state index contributed by atoms with van der Waals surface area (Å²) in [5, 5.41) is 7.56. The molecule has 0 fully saturated rings. The van der Waals surface area contributed by atoms with Crippen molar-refractivity contribution in [1.29, 1.82) is 0 Å². The Morgan fingerprint density at radius 2 is 1.83 bits per heavy atom. The zero-order valence-electron chi connectivity index (χ0n) is 18.8. The van der Waals surface area contributed by atoms with Crippen molar-refractivity contribution in [3.8, 4) is 11.3 Å². The number of benzene rings is 1. The van der Waals surface area contributed by atoms with Gasteiger partial charge in [0.05, 0.1) is 23.3 Å². The predicted molar refractivity (Wildman–Crippen MR) is 127 cm³/mol. The molecule has 2 N–H and O–H groups in total. The van der Waals surface area contributed by atoms with Crippen LogP contribution in [0.5, 0.6) is 0 Å². The standard InChI is InChI=1S/C23H18FN7O3S/c1-11-10-35-22(26-11)21(33)29-15-7-25-23-30-18(9-31(23)8-15)16-6-14(4-5-17(16)24)28-20(32)19-12(2)27-13(3)34-19/h4-10H,1-3H3,(H,28,32)(H,29,33). The van der Waals surface area contributed by atoms with Gasteiger partial charge in [0.1, 0.15) is 5.82 Å². The summed E-state index contributed by atoms with van der Waals surface area (Å²) in [6, 6.07) is 4.15. The Labute approximate surface area is 201 Å². The van der Waals surface area contributed by atoms with E-state index < -0.39 is 11.7 Å². The largest absolute Gasteiger partial charge is 0.436 e. The molecule has 4 aromatic heterocycles. The zero-order valence-corrected chi connectivity index (χ0v) is 19.6. The molecule has 0 aliphatic carbocycles. The van der Waals surface area contributed by atoms with E-state index in [1.807, 2.05) is 6.92 Å². The molecule has 0 spiro atoms. The number of fused-ring (bicyclic) bond motifs is 1. The molecule has 4 heterocycles. The molecule has 0 saturated heterocycles. The molecule has 0 aliphatic rings. The number of hydrogen-bond donors (Lipinski definition) is 2. The number of anilines is 2. The first-order valence-electron chi connectivity index (χ1n) is 10.4. The number of aryl methyl sites for hydroxylation is 3. The van der Waals surface area contributed by atoms with Gasteiger partial charge in [-0.25, -0.2) is 24.3 Å². The summed E-state index contributed by atoms with van der Waals surface area (Å²) in [4.78, 5) is 41.8. The third-order valence-electron chi connectivity index (χ3n) is 4.99. The van der Waals surface area contributed by atoms with E-state index in [2.05, 4.69) is 30.6 Å². The third kappa shape index (κ3) is 4.51. The Hall–Kier alpha value is -4.45. The van der Waals surface area contributed by atoms with Crippen LogP contribution in [0.2, 0.25) is 0 Å². The van der Waals surface area contributed by atoms with Crippen molar-refractivity contribution in [2.45, 2.75) is 20.8 Å². The molecule has 0 saturated carbocycles. The van der Waals surface area contributed by atoms with Crippen molar-refractivity contribution in [3.05, 3.63) is 76.0 Å². The van der Waals surface area contributed by atoms with Crippen LogP contribution in [-0.4, -0.2) is 36.2 Å². The average molecular weight is 492 g/mol. The summed E-state index contributed by atoms with van der Waals surface area (Å²) in [6.45, 7) is 5.12. The van der Waals surface area contributed by atoms with Gasteiger partial charge in [0.15, 0.2) is 10.9 Å². The Bertz CT molecular complexity index is 1600. The van der Waals surface area contributed by atoms with Gasteiger partial charge in [-0.2, -0.15) is 0 Å². The fourth-order valence-corrected chi connectivity index (χ4v) is 4.14. The quantitative estimate of drug-likeness (QED) is 0.373. The van der Waals surface area contributed by atoms with E-state index in [0.717, 1.165) is 5.69 Å². The van der Waals surface area contributed by atoms with Gasteiger partial charge in [-0.3, -0.25) is 14.0 Å². The maximum atomic E-state index is 14.7. The zero-order chi connectivity index (χ0) is 24.7. The number of halogens is 1. The van der Waals surface area contributed by atoms with E-state index in [1.54, 1.807) is 36.0 Å². The molecule has 0 bridgehead atoms. The number of nitrogens with zero attached hydrogens (tertiary/aromatic N) is 5. The smallest absolute Gasteiger partial charge is 0.293 e. The van der Waals surface area contributed by atoms with Crippen LogP contribution in [0.4, 0.5) is 15.8 Å². The van der Waals surface area contributed by atoms with E-state index in [0.29, 0.717) is 39.4 Å². The fraction of sp³-hybridized carbons (Fsp3) is 0.130. The molecule has 1 aromatic carbocycles. The van der Waals surface area contributed by atoms with Gasteiger partial charge in [-0.05, 0) is 32.0 Å². The van der Waals surface area contributed by atoms with Crippen LogP contribution in [0.3, 0.4) is 0 Å². The normalized spacial score (nSPS) is 11.1. The highest BCUT2D eigenvalue weighted by Crippen LogP contribution is 2.26. The van der Waals surface area contributed by atoms with Crippen LogP contribution in [0.15, 0.2) is 46.6 Å². The van der Waals surface area contributed by atoms with Crippen molar-refractivity contribution in [2.24, 2.45) is 0 Å². The van der Waals surface area contributed by atoms with Crippen LogP contribution in [0.1, 0.15) is 37.6 Å². The Balaban J connectivity index is 1.40. The maximum Gasteiger partial charge on any atom is 0.293 e.